The van der Waals surface area contributed by atoms with E-state index in [1.165, 1.54) is 0 Å². The molecule has 2 rings (SSSR count). The van der Waals surface area contributed by atoms with E-state index in [1.807, 2.05) is 6.92 Å². The van der Waals surface area contributed by atoms with E-state index in [2.05, 4.69) is 15.4 Å². The second-order valence-electron chi connectivity index (χ2n) is 6.31. The molecule has 3 N–H and O–H groups in total. The molecule has 1 heterocycles. The fourth-order valence-corrected chi connectivity index (χ4v) is 3.71. The van der Waals surface area contributed by atoms with Crippen molar-refractivity contribution in [2.24, 2.45) is 5.92 Å². The summed E-state index contributed by atoms with van der Waals surface area (Å²) < 4.78 is 32.6. The van der Waals surface area contributed by atoms with Gasteiger partial charge in [0, 0.05) is 32.2 Å². The first kappa shape index (κ1) is 22.9. The van der Waals surface area contributed by atoms with E-state index >= 15 is 0 Å². The second kappa shape index (κ2) is 10.8. The van der Waals surface area contributed by atoms with Gasteiger partial charge in [0.25, 0.3) is 0 Å². The molecule has 0 saturated carbocycles. The predicted molar refractivity (Wildman–Crippen MR) is 103 cm³/mol. The Bertz CT molecular complexity index is 661. The van der Waals surface area contributed by atoms with Gasteiger partial charge < -0.3 is 15.4 Å². The zero-order valence-electron chi connectivity index (χ0n) is 15.2. The van der Waals surface area contributed by atoms with Gasteiger partial charge in [-0.25, -0.2) is 13.1 Å². The summed E-state index contributed by atoms with van der Waals surface area (Å²) in [5.74, 6) is -0.157. The van der Waals surface area contributed by atoms with Crippen LogP contribution in [0.25, 0.3) is 0 Å². The first-order valence-electron chi connectivity index (χ1n) is 8.55. The molecule has 0 aromatic heterocycles. The van der Waals surface area contributed by atoms with Gasteiger partial charge >= 0.3 is 0 Å². The summed E-state index contributed by atoms with van der Waals surface area (Å²) in [5.41, 5.74) is 0.850. The lowest BCUT2D eigenvalue weighted by Gasteiger charge is -2.13. The SMILES string of the molecule is CNCC(C)C(=O)NCc1ccc(S(=O)(=O)NCC2CCCO2)cc1.Cl. The monoisotopic (exact) mass is 405 g/mol. The van der Waals surface area contributed by atoms with E-state index in [4.69, 9.17) is 4.74 Å². The van der Waals surface area contributed by atoms with Crippen molar-refractivity contribution in [3.63, 3.8) is 0 Å². The summed E-state index contributed by atoms with van der Waals surface area (Å²) in [6, 6.07) is 6.53. The topological polar surface area (TPSA) is 96.5 Å². The summed E-state index contributed by atoms with van der Waals surface area (Å²) in [4.78, 5) is 12.1. The van der Waals surface area contributed by atoms with E-state index in [0.29, 0.717) is 26.2 Å². The standard InChI is InChI=1S/C17H27N3O4S.ClH/c1-13(10-18-2)17(21)19-11-14-5-7-16(8-6-14)25(22,23)20-12-15-4-3-9-24-15;/h5-8,13,15,18,20H,3-4,9-12H2,1-2H3,(H,19,21);1H. The molecule has 1 fully saturated rings. The van der Waals surface area contributed by atoms with Crippen LogP contribution in [0.3, 0.4) is 0 Å². The third-order valence-electron chi connectivity index (χ3n) is 4.18. The zero-order valence-corrected chi connectivity index (χ0v) is 16.8. The van der Waals surface area contributed by atoms with Crippen LogP contribution in [0.1, 0.15) is 25.3 Å². The summed E-state index contributed by atoms with van der Waals surface area (Å²) in [6.45, 7) is 3.82. The minimum atomic E-state index is -3.54. The van der Waals surface area contributed by atoms with Crippen molar-refractivity contribution >= 4 is 28.3 Å². The molecule has 9 heteroatoms. The number of benzene rings is 1. The summed E-state index contributed by atoms with van der Waals surface area (Å²) in [6.07, 6.45) is 1.82. The summed E-state index contributed by atoms with van der Waals surface area (Å²) in [5, 5.41) is 5.80. The van der Waals surface area contributed by atoms with Crippen molar-refractivity contribution < 1.29 is 17.9 Å². The van der Waals surface area contributed by atoms with Gasteiger partial charge in [-0.3, -0.25) is 4.79 Å². The molecule has 1 aromatic carbocycles. The molecule has 26 heavy (non-hydrogen) atoms. The molecule has 0 radical (unpaired) electrons. The van der Waals surface area contributed by atoms with Crippen molar-refractivity contribution in [2.45, 2.75) is 37.3 Å². The molecule has 1 aromatic rings. The van der Waals surface area contributed by atoms with Gasteiger partial charge in [0.1, 0.15) is 0 Å². The van der Waals surface area contributed by atoms with E-state index < -0.39 is 10.0 Å². The summed E-state index contributed by atoms with van der Waals surface area (Å²) in [7, 11) is -1.74. The van der Waals surface area contributed by atoms with Crippen molar-refractivity contribution in [1.29, 1.82) is 0 Å². The number of rotatable bonds is 9. The number of sulfonamides is 1. The van der Waals surface area contributed by atoms with Crippen LogP contribution in [-0.2, 0) is 26.1 Å². The Balaban J connectivity index is 0.00000338. The molecule has 0 aliphatic carbocycles. The van der Waals surface area contributed by atoms with Crippen molar-refractivity contribution in [2.75, 3.05) is 26.7 Å². The molecular weight excluding hydrogens is 378 g/mol. The van der Waals surface area contributed by atoms with Crippen LogP contribution in [-0.4, -0.2) is 47.2 Å². The van der Waals surface area contributed by atoms with E-state index in [-0.39, 0.29) is 35.2 Å². The fraction of sp³-hybridized carbons (Fsp3) is 0.588. The Hall–Kier alpha value is -1.19. The summed E-state index contributed by atoms with van der Waals surface area (Å²) >= 11 is 0. The third kappa shape index (κ3) is 6.85. The first-order chi connectivity index (χ1) is 11.9. The van der Waals surface area contributed by atoms with Crippen LogP contribution >= 0.6 is 12.4 Å². The molecule has 148 valence electrons. The number of halogens is 1. The van der Waals surface area contributed by atoms with Crippen LogP contribution in [0.15, 0.2) is 29.2 Å². The average Bonchev–Trinajstić information content (AvgIpc) is 3.12. The maximum absolute atomic E-state index is 12.3. The lowest BCUT2D eigenvalue weighted by Crippen LogP contribution is -2.34. The molecule has 1 saturated heterocycles. The zero-order chi connectivity index (χ0) is 18.3. The molecule has 2 unspecified atom stereocenters. The minimum Gasteiger partial charge on any atom is -0.377 e. The van der Waals surface area contributed by atoms with Gasteiger partial charge in [-0.2, -0.15) is 0 Å². The quantitative estimate of drug-likeness (QED) is 0.570. The molecular formula is C17H28ClN3O4S. The van der Waals surface area contributed by atoms with Crippen LogP contribution in [0, 0.1) is 5.92 Å². The van der Waals surface area contributed by atoms with E-state index in [9.17, 15) is 13.2 Å². The molecule has 0 spiro atoms. The second-order valence-corrected chi connectivity index (χ2v) is 8.07. The van der Waals surface area contributed by atoms with Crippen LogP contribution < -0.4 is 15.4 Å². The van der Waals surface area contributed by atoms with Crippen molar-refractivity contribution in [1.82, 2.24) is 15.4 Å². The van der Waals surface area contributed by atoms with Gasteiger partial charge in [0.05, 0.1) is 11.0 Å². The smallest absolute Gasteiger partial charge is 0.240 e. The van der Waals surface area contributed by atoms with E-state index in [0.717, 1.165) is 18.4 Å². The van der Waals surface area contributed by atoms with Gasteiger partial charge in [-0.05, 0) is 37.6 Å². The first-order valence-corrected chi connectivity index (χ1v) is 10.0. The number of ether oxygens (including phenoxy) is 1. The maximum Gasteiger partial charge on any atom is 0.240 e. The number of carbonyl (C=O) groups is 1. The highest BCUT2D eigenvalue weighted by atomic mass is 35.5. The molecule has 1 amide bonds. The molecule has 7 nitrogen and oxygen atoms in total. The number of amides is 1. The lowest BCUT2D eigenvalue weighted by molar-refractivity contribution is -0.124. The number of carbonyl (C=O) groups excluding carboxylic acids is 1. The normalized spacial score (nSPS) is 18.2. The van der Waals surface area contributed by atoms with Crippen LogP contribution in [0.4, 0.5) is 0 Å². The Morgan fingerprint density at radius 3 is 2.58 bits per heavy atom. The van der Waals surface area contributed by atoms with Crippen molar-refractivity contribution in [3.8, 4) is 0 Å². The fourth-order valence-electron chi connectivity index (χ4n) is 2.64. The maximum atomic E-state index is 12.3. The highest BCUT2D eigenvalue weighted by Crippen LogP contribution is 2.14. The predicted octanol–water partition coefficient (Wildman–Crippen LogP) is 1.04. The van der Waals surface area contributed by atoms with Crippen LogP contribution in [0.2, 0.25) is 0 Å². The Morgan fingerprint density at radius 2 is 2.00 bits per heavy atom. The highest BCUT2D eigenvalue weighted by molar-refractivity contribution is 7.89. The highest BCUT2D eigenvalue weighted by Gasteiger charge is 2.20. The Labute approximate surface area is 161 Å². The number of hydrogen-bond donors (Lipinski definition) is 3. The Morgan fingerprint density at radius 1 is 1.31 bits per heavy atom. The molecule has 1 aliphatic rings. The number of hydrogen-bond acceptors (Lipinski definition) is 5. The third-order valence-corrected chi connectivity index (χ3v) is 5.62. The Kier molecular flexibility index (Phi) is 9.52. The minimum absolute atomic E-state index is 0. The van der Waals surface area contributed by atoms with Crippen molar-refractivity contribution in [3.05, 3.63) is 29.8 Å². The van der Waals surface area contributed by atoms with Gasteiger partial charge in [-0.1, -0.05) is 19.1 Å². The van der Waals surface area contributed by atoms with Gasteiger partial charge in [0.15, 0.2) is 0 Å². The average molecular weight is 406 g/mol. The largest absolute Gasteiger partial charge is 0.377 e. The molecule has 0 bridgehead atoms. The lowest BCUT2D eigenvalue weighted by atomic mass is 10.1. The molecule has 2 atom stereocenters. The van der Waals surface area contributed by atoms with Crippen LogP contribution in [0.5, 0.6) is 0 Å². The number of nitrogens with one attached hydrogen (secondary N) is 3. The van der Waals surface area contributed by atoms with Gasteiger partial charge in [0.2, 0.25) is 15.9 Å². The van der Waals surface area contributed by atoms with Gasteiger partial charge in [-0.15, -0.1) is 12.4 Å². The van der Waals surface area contributed by atoms with E-state index in [1.54, 1.807) is 31.3 Å². The molecule has 1 aliphatic heterocycles.